The summed E-state index contributed by atoms with van der Waals surface area (Å²) in [4.78, 5) is 24.6. The molecule has 2 fully saturated rings. The molecule has 0 bridgehead atoms. The topological polar surface area (TPSA) is 63.6 Å². The maximum Gasteiger partial charge on any atom is 0.339 e. The molecule has 34 heavy (non-hydrogen) atoms. The molecule has 4 aliphatic carbocycles. The Hall–Kier alpha value is -1.68. The van der Waals surface area contributed by atoms with Crippen molar-refractivity contribution in [3.63, 3.8) is 0 Å². The third-order valence-electron chi connectivity index (χ3n) is 11.2. The Morgan fingerprint density at radius 2 is 1.68 bits per heavy atom. The summed E-state index contributed by atoms with van der Waals surface area (Å²) in [5, 5.41) is 12.2. The van der Waals surface area contributed by atoms with E-state index >= 15 is 0 Å². The van der Waals surface area contributed by atoms with E-state index in [4.69, 9.17) is 4.74 Å². The van der Waals surface area contributed by atoms with Crippen molar-refractivity contribution in [2.75, 3.05) is 0 Å². The van der Waals surface area contributed by atoms with Crippen LogP contribution in [0.3, 0.4) is 0 Å². The Balaban J connectivity index is 1.46. The minimum absolute atomic E-state index is 0.0259. The van der Waals surface area contributed by atoms with Crippen LogP contribution in [0.4, 0.5) is 0 Å². The number of fused-ring (bicyclic) bond motifs is 4. The maximum atomic E-state index is 12.8. The van der Waals surface area contributed by atoms with Crippen LogP contribution in [-0.2, 0) is 14.3 Å². The quantitative estimate of drug-likeness (QED) is 0.383. The van der Waals surface area contributed by atoms with E-state index < -0.39 is 5.60 Å². The zero-order valence-corrected chi connectivity index (χ0v) is 22.1. The van der Waals surface area contributed by atoms with Gasteiger partial charge in [0.1, 0.15) is 11.5 Å². The SMILES string of the molecule is CC1=CC(=CC(C)C2CCC3(C)C4=C(CC3C2(C)O)C2(C)CCC(=O)C(C)(C)C2CC4)OC1=O. The van der Waals surface area contributed by atoms with E-state index in [2.05, 4.69) is 41.5 Å². The Labute approximate surface area is 204 Å². The number of cyclic esters (lactones) is 1. The van der Waals surface area contributed by atoms with Crippen LogP contribution in [-0.4, -0.2) is 22.5 Å². The number of rotatable bonds is 2. The number of Topliss-reactive ketones (excluding diaryl/α,β-unsaturated/α-hetero) is 1. The van der Waals surface area contributed by atoms with Crippen molar-refractivity contribution >= 4 is 11.8 Å². The van der Waals surface area contributed by atoms with E-state index in [1.165, 1.54) is 0 Å². The third-order valence-corrected chi connectivity index (χ3v) is 11.2. The van der Waals surface area contributed by atoms with Crippen molar-refractivity contribution < 1.29 is 19.4 Å². The van der Waals surface area contributed by atoms with Gasteiger partial charge in [0.05, 0.1) is 5.60 Å². The second-order valence-electron chi connectivity index (χ2n) is 13.3. The molecule has 5 rings (SSSR count). The van der Waals surface area contributed by atoms with Crippen LogP contribution in [0.15, 0.2) is 34.6 Å². The number of allylic oxidation sites excluding steroid dienone is 4. The Morgan fingerprint density at radius 3 is 2.32 bits per heavy atom. The van der Waals surface area contributed by atoms with Gasteiger partial charge in [-0.15, -0.1) is 0 Å². The molecule has 5 aliphatic rings. The molecule has 0 aromatic heterocycles. The Bertz CT molecular complexity index is 1040. The number of esters is 1. The fourth-order valence-electron chi connectivity index (χ4n) is 9.24. The van der Waals surface area contributed by atoms with Crippen LogP contribution in [0, 0.1) is 39.9 Å². The van der Waals surface area contributed by atoms with Crippen molar-refractivity contribution in [2.45, 2.75) is 99.0 Å². The summed E-state index contributed by atoms with van der Waals surface area (Å²) >= 11 is 0. The second kappa shape index (κ2) is 7.41. The van der Waals surface area contributed by atoms with Crippen LogP contribution in [0.25, 0.3) is 0 Å². The maximum absolute atomic E-state index is 12.8. The minimum atomic E-state index is -0.811. The molecule has 0 aromatic rings. The molecular formula is C30H42O4. The summed E-state index contributed by atoms with van der Waals surface area (Å²) in [6.07, 6.45) is 10.6. The zero-order valence-electron chi connectivity index (χ0n) is 22.1. The van der Waals surface area contributed by atoms with E-state index in [9.17, 15) is 14.7 Å². The van der Waals surface area contributed by atoms with E-state index in [-0.39, 0.29) is 40.0 Å². The summed E-state index contributed by atoms with van der Waals surface area (Å²) in [7, 11) is 0. The highest BCUT2D eigenvalue weighted by Crippen LogP contribution is 2.70. The highest BCUT2D eigenvalue weighted by atomic mass is 16.5. The van der Waals surface area contributed by atoms with Gasteiger partial charge in [0.25, 0.3) is 0 Å². The predicted molar refractivity (Wildman–Crippen MR) is 133 cm³/mol. The van der Waals surface area contributed by atoms with Gasteiger partial charge in [0, 0.05) is 23.3 Å². The molecule has 0 saturated heterocycles. The smallest absolute Gasteiger partial charge is 0.339 e. The first kappa shape index (κ1) is 24.0. The first-order valence-electron chi connectivity index (χ1n) is 13.3. The van der Waals surface area contributed by atoms with Crippen molar-refractivity contribution in [3.8, 4) is 0 Å². The first-order valence-corrected chi connectivity index (χ1v) is 13.3. The average Bonchev–Trinajstić information content (AvgIpc) is 3.22. The van der Waals surface area contributed by atoms with Crippen molar-refractivity contribution in [1.82, 2.24) is 0 Å². The van der Waals surface area contributed by atoms with Crippen molar-refractivity contribution in [1.29, 1.82) is 0 Å². The van der Waals surface area contributed by atoms with E-state index in [1.54, 1.807) is 18.1 Å². The monoisotopic (exact) mass is 466 g/mol. The van der Waals surface area contributed by atoms with Gasteiger partial charge in [0.15, 0.2) is 0 Å². The Morgan fingerprint density at radius 1 is 1.00 bits per heavy atom. The molecule has 0 radical (unpaired) electrons. The number of carbonyl (C=O) groups excluding carboxylic acids is 2. The molecule has 7 atom stereocenters. The van der Waals surface area contributed by atoms with E-state index in [0.29, 0.717) is 29.5 Å². The Kier molecular flexibility index (Phi) is 5.24. The van der Waals surface area contributed by atoms with Gasteiger partial charge < -0.3 is 9.84 Å². The molecule has 0 aromatic carbocycles. The van der Waals surface area contributed by atoms with Crippen molar-refractivity contribution in [2.24, 2.45) is 39.9 Å². The number of carbonyl (C=O) groups is 2. The van der Waals surface area contributed by atoms with Gasteiger partial charge in [-0.2, -0.15) is 0 Å². The van der Waals surface area contributed by atoms with Crippen LogP contribution >= 0.6 is 0 Å². The molecule has 1 heterocycles. The fraction of sp³-hybridized carbons (Fsp3) is 0.733. The predicted octanol–water partition coefficient (Wildman–Crippen LogP) is 6.30. The molecule has 0 amide bonds. The normalized spacial score (nSPS) is 45.5. The largest absolute Gasteiger partial charge is 0.423 e. The zero-order chi connectivity index (χ0) is 24.8. The average molecular weight is 467 g/mol. The van der Waals surface area contributed by atoms with Gasteiger partial charge in [-0.05, 0) is 93.1 Å². The minimum Gasteiger partial charge on any atom is -0.423 e. The number of hydrogen-bond donors (Lipinski definition) is 1. The van der Waals surface area contributed by atoms with Gasteiger partial charge in [-0.25, -0.2) is 4.79 Å². The molecular weight excluding hydrogens is 424 g/mol. The molecule has 186 valence electrons. The lowest BCUT2D eigenvalue weighted by molar-refractivity contribution is -0.139. The van der Waals surface area contributed by atoms with Crippen LogP contribution in [0.1, 0.15) is 93.4 Å². The molecule has 1 aliphatic heterocycles. The molecule has 4 nitrogen and oxygen atoms in total. The van der Waals surface area contributed by atoms with Crippen LogP contribution in [0.2, 0.25) is 0 Å². The van der Waals surface area contributed by atoms with Gasteiger partial charge in [-0.1, -0.05) is 45.8 Å². The van der Waals surface area contributed by atoms with Crippen LogP contribution in [0.5, 0.6) is 0 Å². The van der Waals surface area contributed by atoms with Crippen LogP contribution < -0.4 is 0 Å². The molecule has 1 N–H and O–H groups in total. The highest BCUT2D eigenvalue weighted by Gasteiger charge is 2.63. The first-order chi connectivity index (χ1) is 15.7. The van der Waals surface area contributed by atoms with Gasteiger partial charge in [0.2, 0.25) is 0 Å². The molecule has 2 saturated carbocycles. The second-order valence-corrected chi connectivity index (χ2v) is 13.3. The van der Waals surface area contributed by atoms with Crippen molar-refractivity contribution in [3.05, 3.63) is 34.6 Å². The number of ether oxygens (including phenoxy) is 1. The lowest BCUT2D eigenvalue weighted by Crippen LogP contribution is -2.54. The van der Waals surface area contributed by atoms with Gasteiger partial charge >= 0.3 is 5.97 Å². The fourth-order valence-corrected chi connectivity index (χ4v) is 9.24. The van der Waals surface area contributed by atoms with E-state index in [0.717, 1.165) is 38.5 Å². The third kappa shape index (κ3) is 3.13. The number of aliphatic hydroxyl groups is 1. The summed E-state index contributed by atoms with van der Waals surface area (Å²) < 4.78 is 5.40. The summed E-state index contributed by atoms with van der Waals surface area (Å²) in [6.45, 7) is 15.1. The number of ketones is 1. The highest BCUT2D eigenvalue weighted by molar-refractivity contribution is 5.92. The lowest BCUT2D eigenvalue weighted by Gasteiger charge is -2.55. The molecule has 7 unspecified atom stereocenters. The molecule has 4 heteroatoms. The van der Waals surface area contributed by atoms with E-state index in [1.807, 2.05) is 12.2 Å². The summed E-state index contributed by atoms with van der Waals surface area (Å²) in [5.41, 5.74) is 2.82. The summed E-state index contributed by atoms with van der Waals surface area (Å²) in [6, 6.07) is 0. The summed E-state index contributed by atoms with van der Waals surface area (Å²) in [5.74, 6) is 1.56. The lowest BCUT2D eigenvalue weighted by atomic mass is 9.49. The standard InChI is InChI=1S/C30H42O4/c1-17(14-19-15-18(2)26(32)34-19)20-10-12-28(5)21-8-9-23-27(3,4)25(31)11-13-29(23,6)22(21)16-24(28)30(20,7)33/h14-15,17,20,23-24,33H,8-13,16H2,1-7H3. The van der Waals surface area contributed by atoms with Gasteiger partial charge in [-0.3, -0.25) is 4.79 Å². The molecule has 0 spiro atoms. The number of hydrogen-bond acceptors (Lipinski definition) is 4.